The van der Waals surface area contributed by atoms with Gasteiger partial charge in [0.1, 0.15) is 11.9 Å². The number of hydrogen-bond acceptors (Lipinski definition) is 5. The van der Waals surface area contributed by atoms with E-state index in [0.29, 0.717) is 18.2 Å². The van der Waals surface area contributed by atoms with Crippen LogP contribution in [0.15, 0.2) is 30.3 Å². The van der Waals surface area contributed by atoms with E-state index in [1.165, 1.54) is 0 Å². The molecular weight excluding hydrogens is 264 g/mol. The number of hydrazine groups is 1. The molecule has 0 spiro atoms. The van der Waals surface area contributed by atoms with Crippen molar-refractivity contribution in [3.63, 3.8) is 0 Å². The van der Waals surface area contributed by atoms with E-state index >= 15 is 0 Å². The van der Waals surface area contributed by atoms with E-state index in [2.05, 4.69) is 22.3 Å². The number of nitrogen functional groups attached to an aromatic ring is 1. The zero-order chi connectivity index (χ0) is 15.2. The summed E-state index contributed by atoms with van der Waals surface area (Å²) < 4.78 is 5.86. The topological polar surface area (TPSA) is 73.1 Å². The molecule has 0 amide bonds. The van der Waals surface area contributed by atoms with Gasteiger partial charge in [0.2, 0.25) is 0 Å². The fourth-order valence-electron chi connectivity index (χ4n) is 2.30. The van der Waals surface area contributed by atoms with E-state index in [9.17, 15) is 0 Å². The lowest BCUT2D eigenvalue weighted by molar-refractivity contribution is 0.0850. The average Bonchev–Trinajstić information content (AvgIpc) is 2.54. The second-order valence-corrected chi connectivity index (χ2v) is 4.75. The van der Waals surface area contributed by atoms with Crippen LogP contribution in [0.1, 0.15) is 42.6 Å². The smallest absolute Gasteiger partial charge is 0.164 e. The normalized spacial score (nSPS) is 12.2. The molecule has 112 valence electrons. The van der Waals surface area contributed by atoms with Crippen LogP contribution >= 0.6 is 0 Å². The summed E-state index contributed by atoms with van der Waals surface area (Å²) in [5.41, 5.74) is 5.65. The minimum Gasteiger partial charge on any atom is -0.366 e. The van der Waals surface area contributed by atoms with Gasteiger partial charge in [-0.15, -0.1) is 0 Å². The number of benzene rings is 1. The third-order valence-corrected chi connectivity index (χ3v) is 3.41. The van der Waals surface area contributed by atoms with Gasteiger partial charge in [-0.05, 0) is 25.8 Å². The van der Waals surface area contributed by atoms with Gasteiger partial charge in [0.25, 0.3) is 0 Å². The molecule has 3 N–H and O–H groups in total. The van der Waals surface area contributed by atoms with Crippen molar-refractivity contribution in [2.45, 2.75) is 33.3 Å². The first kappa shape index (κ1) is 15.4. The zero-order valence-electron chi connectivity index (χ0n) is 12.8. The summed E-state index contributed by atoms with van der Waals surface area (Å²) in [6, 6.07) is 9.99. The summed E-state index contributed by atoms with van der Waals surface area (Å²) in [4.78, 5) is 9.19. The summed E-state index contributed by atoms with van der Waals surface area (Å²) in [5, 5.41) is 0. The first-order valence-corrected chi connectivity index (χ1v) is 7.21. The fraction of sp³-hybridized carbons (Fsp3) is 0.375. The van der Waals surface area contributed by atoms with Crippen molar-refractivity contribution in [3.8, 4) is 0 Å². The van der Waals surface area contributed by atoms with Crippen LogP contribution in [0, 0.1) is 6.92 Å². The standard InChI is InChI=1S/C16H22N4O/c1-4-13-11(3)15(20-17)19-16(18-13)14(21-5-2)12-9-7-6-8-10-12/h6-10,14H,4-5,17H2,1-3H3,(H,18,19,20). The Balaban J connectivity index is 2.50. The zero-order valence-corrected chi connectivity index (χ0v) is 12.8. The molecule has 2 aromatic rings. The average molecular weight is 286 g/mol. The van der Waals surface area contributed by atoms with Crippen LogP contribution < -0.4 is 11.3 Å². The molecule has 1 unspecified atom stereocenters. The van der Waals surface area contributed by atoms with E-state index in [0.717, 1.165) is 23.2 Å². The van der Waals surface area contributed by atoms with Crippen molar-refractivity contribution in [2.24, 2.45) is 5.84 Å². The van der Waals surface area contributed by atoms with Gasteiger partial charge in [-0.25, -0.2) is 15.8 Å². The van der Waals surface area contributed by atoms with Crippen LogP contribution in [0.25, 0.3) is 0 Å². The number of hydrogen-bond donors (Lipinski definition) is 2. The van der Waals surface area contributed by atoms with Crippen molar-refractivity contribution in [2.75, 3.05) is 12.0 Å². The number of aryl methyl sites for hydroxylation is 1. The van der Waals surface area contributed by atoms with Crippen LogP contribution in [-0.2, 0) is 11.2 Å². The Morgan fingerprint density at radius 3 is 2.48 bits per heavy atom. The second-order valence-electron chi connectivity index (χ2n) is 4.75. The number of nitrogens with two attached hydrogens (primary N) is 1. The maximum absolute atomic E-state index is 5.86. The summed E-state index contributed by atoms with van der Waals surface area (Å²) in [5.74, 6) is 6.86. The van der Waals surface area contributed by atoms with Gasteiger partial charge in [0.05, 0.1) is 0 Å². The maximum Gasteiger partial charge on any atom is 0.164 e. The van der Waals surface area contributed by atoms with E-state index in [4.69, 9.17) is 10.6 Å². The lowest BCUT2D eigenvalue weighted by Crippen LogP contribution is -2.17. The highest BCUT2D eigenvalue weighted by molar-refractivity contribution is 5.45. The minimum absolute atomic E-state index is 0.283. The molecule has 21 heavy (non-hydrogen) atoms. The molecule has 1 aromatic carbocycles. The predicted octanol–water partition coefficient (Wildman–Crippen LogP) is 2.76. The Morgan fingerprint density at radius 2 is 1.90 bits per heavy atom. The number of aromatic nitrogens is 2. The Hall–Kier alpha value is -1.98. The first-order chi connectivity index (χ1) is 10.2. The molecule has 0 saturated heterocycles. The highest BCUT2D eigenvalue weighted by atomic mass is 16.5. The molecular formula is C16H22N4O. The summed E-state index contributed by atoms with van der Waals surface area (Å²) >= 11 is 0. The van der Waals surface area contributed by atoms with Crippen LogP contribution in [0.2, 0.25) is 0 Å². The Kier molecular flexibility index (Phi) is 5.25. The first-order valence-electron chi connectivity index (χ1n) is 7.21. The van der Waals surface area contributed by atoms with Gasteiger partial charge in [-0.3, -0.25) is 0 Å². The van der Waals surface area contributed by atoms with E-state index < -0.39 is 0 Å². The van der Waals surface area contributed by atoms with Gasteiger partial charge < -0.3 is 10.2 Å². The van der Waals surface area contributed by atoms with Crippen molar-refractivity contribution in [3.05, 3.63) is 53.0 Å². The molecule has 1 atom stereocenters. The highest BCUT2D eigenvalue weighted by Gasteiger charge is 2.20. The summed E-state index contributed by atoms with van der Waals surface area (Å²) in [7, 11) is 0. The molecule has 0 aliphatic carbocycles. The lowest BCUT2D eigenvalue weighted by Gasteiger charge is -2.19. The van der Waals surface area contributed by atoms with Crippen molar-refractivity contribution in [1.82, 2.24) is 9.97 Å². The summed E-state index contributed by atoms with van der Waals surface area (Å²) in [6.45, 7) is 6.59. The third kappa shape index (κ3) is 3.37. The number of rotatable bonds is 6. The number of nitrogens with zero attached hydrogens (tertiary/aromatic N) is 2. The largest absolute Gasteiger partial charge is 0.366 e. The van der Waals surface area contributed by atoms with Crippen LogP contribution in [-0.4, -0.2) is 16.6 Å². The quantitative estimate of drug-likeness (QED) is 0.631. The Morgan fingerprint density at radius 1 is 1.19 bits per heavy atom. The van der Waals surface area contributed by atoms with Gasteiger partial charge in [-0.2, -0.15) is 0 Å². The maximum atomic E-state index is 5.86. The minimum atomic E-state index is -0.283. The third-order valence-electron chi connectivity index (χ3n) is 3.41. The monoisotopic (exact) mass is 286 g/mol. The van der Waals surface area contributed by atoms with Crippen LogP contribution in [0.3, 0.4) is 0 Å². The molecule has 5 heteroatoms. The predicted molar refractivity (Wildman–Crippen MR) is 83.9 cm³/mol. The SMILES string of the molecule is CCOC(c1ccccc1)c1nc(CC)c(C)c(NN)n1. The van der Waals surface area contributed by atoms with Crippen LogP contribution in [0.4, 0.5) is 5.82 Å². The van der Waals surface area contributed by atoms with Gasteiger partial charge in [-0.1, -0.05) is 37.3 Å². The number of nitrogens with one attached hydrogen (secondary N) is 1. The van der Waals surface area contributed by atoms with Crippen molar-refractivity contribution >= 4 is 5.82 Å². The molecule has 1 aromatic heterocycles. The molecule has 0 fully saturated rings. The van der Waals surface area contributed by atoms with Gasteiger partial charge in [0, 0.05) is 17.9 Å². The van der Waals surface area contributed by atoms with E-state index in [1.807, 2.05) is 44.2 Å². The highest BCUT2D eigenvalue weighted by Crippen LogP contribution is 2.26. The van der Waals surface area contributed by atoms with Gasteiger partial charge in [0.15, 0.2) is 5.82 Å². The fourth-order valence-corrected chi connectivity index (χ4v) is 2.30. The van der Waals surface area contributed by atoms with E-state index in [-0.39, 0.29) is 6.10 Å². The number of anilines is 1. The van der Waals surface area contributed by atoms with Crippen molar-refractivity contribution < 1.29 is 4.74 Å². The lowest BCUT2D eigenvalue weighted by atomic mass is 10.1. The van der Waals surface area contributed by atoms with Crippen LogP contribution in [0.5, 0.6) is 0 Å². The molecule has 0 saturated carbocycles. The molecule has 0 radical (unpaired) electrons. The second kappa shape index (κ2) is 7.15. The Bertz CT molecular complexity index is 561. The Labute approximate surface area is 125 Å². The van der Waals surface area contributed by atoms with Gasteiger partial charge >= 0.3 is 0 Å². The molecule has 0 bridgehead atoms. The molecule has 0 aliphatic rings. The molecule has 2 rings (SSSR count). The molecule has 5 nitrogen and oxygen atoms in total. The van der Waals surface area contributed by atoms with E-state index in [1.54, 1.807) is 0 Å². The molecule has 1 heterocycles. The van der Waals surface area contributed by atoms with Crippen molar-refractivity contribution in [1.29, 1.82) is 0 Å². The molecule has 0 aliphatic heterocycles. The summed E-state index contributed by atoms with van der Waals surface area (Å²) in [6.07, 6.45) is 0.540. The number of ether oxygens (including phenoxy) is 1.